The van der Waals surface area contributed by atoms with Gasteiger partial charge >= 0.3 is 0 Å². The maximum Gasteiger partial charge on any atom is 0.243 e. The molecular weight excluding hydrogens is 295 g/mol. The molecule has 0 N–H and O–H groups in total. The van der Waals surface area contributed by atoms with Crippen molar-refractivity contribution in [2.45, 2.75) is 23.8 Å². The number of halogens is 1. The topological polar surface area (TPSA) is 68.1 Å². The Morgan fingerprint density at radius 2 is 1.81 bits per heavy atom. The molecule has 0 unspecified atom stereocenters. The molecule has 1 aliphatic heterocycles. The summed E-state index contributed by atoms with van der Waals surface area (Å²) in [6.07, 6.45) is 4.50. The van der Waals surface area contributed by atoms with Gasteiger partial charge in [-0.15, -0.1) is 0 Å². The van der Waals surface area contributed by atoms with E-state index in [0.29, 0.717) is 25.9 Å². The first-order valence-electron chi connectivity index (χ1n) is 6.69. The fourth-order valence-electron chi connectivity index (χ4n) is 2.50. The van der Waals surface area contributed by atoms with Gasteiger partial charge in [-0.25, -0.2) is 12.8 Å². The Morgan fingerprint density at radius 3 is 2.43 bits per heavy atom. The number of hydrogen-bond donors (Lipinski definition) is 0. The fraction of sp³-hybridized carbons (Fsp3) is 0.385. The Bertz CT molecular complexity index is 710. The third kappa shape index (κ3) is 2.81. The van der Waals surface area contributed by atoms with E-state index >= 15 is 0 Å². The largest absolute Gasteiger partial charge is 0.243 e. The van der Waals surface area contributed by atoms with Crippen LogP contribution in [0.3, 0.4) is 0 Å². The average Bonchev–Trinajstić information content (AvgIpc) is 3.02. The van der Waals surface area contributed by atoms with Crippen LogP contribution in [0.15, 0.2) is 41.6 Å². The molecular formula is C13H15FN4O2S. The Balaban J connectivity index is 1.74. The van der Waals surface area contributed by atoms with Gasteiger partial charge in [0.2, 0.25) is 10.0 Å². The van der Waals surface area contributed by atoms with E-state index in [-0.39, 0.29) is 10.9 Å². The van der Waals surface area contributed by atoms with E-state index in [9.17, 15) is 12.8 Å². The van der Waals surface area contributed by atoms with E-state index in [2.05, 4.69) is 10.2 Å². The van der Waals surface area contributed by atoms with E-state index in [1.165, 1.54) is 22.5 Å². The van der Waals surface area contributed by atoms with Gasteiger partial charge in [-0.3, -0.25) is 0 Å². The van der Waals surface area contributed by atoms with Crippen molar-refractivity contribution in [3.05, 3.63) is 42.5 Å². The van der Waals surface area contributed by atoms with Crippen LogP contribution < -0.4 is 0 Å². The molecule has 8 heteroatoms. The number of sulfonamides is 1. The smallest absolute Gasteiger partial charge is 0.207 e. The molecule has 1 aliphatic rings. The summed E-state index contributed by atoms with van der Waals surface area (Å²) in [7, 11) is -3.63. The first-order chi connectivity index (χ1) is 10.1. The summed E-state index contributed by atoms with van der Waals surface area (Å²) < 4.78 is 39.5. The van der Waals surface area contributed by atoms with Crippen molar-refractivity contribution in [3.8, 4) is 0 Å². The zero-order valence-electron chi connectivity index (χ0n) is 11.3. The SMILES string of the molecule is O=S(=O)(c1cccc(F)c1)N1CCC(n2nccn2)CC1. The zero-order valence-corrected chi connectivity index (χ0v) is 12.1. The van der Waals surface area contributed by atoms with Crippen LogP contribution in [0.5, 0.6) is 0 Å². The highest BCUT2D eigenvalue weighted by molar-refractivity contribution is 7.89. The minimum absolute atomic E-state index is 0.00170. The molecule has 0 atom stereocenters. The molecule has 1 fully saturated rings. The maximum atomic E-state index is 13.2. The van der Waals surface area contributed by atoms with E-state index in [4.69, 9.17) is 0 Å². The molecule has 0 spiro atoms. The first-order valence-corrected chi connectivity index (χ1v) is 8.13. The van der Waals surface area contributed by atoms with E-state index < -0.39 is 15.8 Å². The Kier molecular flexibility index (Phi) is 3.73. The lowest BCUT2D eigenvalue weighted by atomic mass is 10.1. The van der Waals surface area contributed by atoms with Crippen LogP contribution in [-0.4, -0.2) is 40.8 Å². The monoisotopic (exact) mass is 310 g/mol. The minimum Gasteiger partial charge on any atom is -0.207 e. The number of aromatic nitrogens is 3. The van der Waals surface area contributed by atoms with Crippen LogP contribution in [0.25, 0.3) is 0 Å². The molecule has 1 aromatic heterocycles. The molecule has 0 amide bonds. The summed E-state index contributed by atoms with van der Waals surface area (Å²) in [5.41, 5.74) is 0. The summed E-state index contributed by atoms with van der Waals surface area (Å²) >= 11 is 0. The van der Waals surface area contributed by atoms with Crippen molar-refractivity contribution in [1.82, 2.24) is 19.3 Å². The van der Waals surface area contributed by atoms with Gasteiger partial charge < -0.3 is 0 Å². The normalized spacial score (nSPS) is 18.0. The predicted octanol–water partition coefficient (Wildman–Crippen LogP) is 1.44. The van der Waals surface area contributed by atoms with Gasteiger partial charge in [-0.1, -0.05) is 6.07 Å². The molecule has 6 nitrogen and oxygen atoms in total. The highest BCUT2D eigenvalue weighted by Gasteiger charge is 2.30. The van der Waals surface area contributed by atoms with Crippen molar-refractivity contribution in [2.24, 2.45) is 0 Å². The van der Waals surface area contributed by atoms with Gasteiger partial charge in [-0.2, -0.15) is 19.3 Å². The van der Waals surface area contributed by atoms with Crippen LogP contribution in [-0.2, 0) is 10.0 Å². The highest BCUT2D eigenvalue weighted by Crippen LogP contribution is 2.25. The highest BCUT2D eigenvalue weighted by atomic mass is 32.2. The van der Waals surface area contributed by atoms with Gasteiger partial charge in [-0.05, 0) is 31.0 Å². The second kappa shape index (κ2) is 5.53. The number of benzene rings is 1. The number of piperidine rings is 1. The Morgan fingerprint density at radius 1 is 1.14 bits per heavy atom. The van der Waals surface area contributed by atoms with Crippen molar-refractivity contribution < 1.29 is 12.8 Å². The molecule has 2 heterocycles. The summed E-state index contributed by atoms with van der Waals surface area (Å²) in [6.45, 7) is 0.760. The van der Waals surface area contributed by atoms with Gasteiger partial charge in [0.25, 0.3) is 0 Å². The third-order valence-corrected chi connectivity index (χ3v) is 5.52. The second-order valence-electron chi connectivity index (χ2n) is 4.94. The van der Waals surface area contributed by atoms with Crippen LogP contribution in [0.2, 0.25) is 0 Å². The molecule has 1 aromatic carbocycles. The van der Waals surface area contributed by atoms with Gasteiger partial charge in [0.1, 0.15) is 5.82 Å². The van der Waals surface area contributed by atoms with Crippen molar-refractivity contribution >= 4 is 10.0 Å². The summed E-state index contributed by atoms with van der Waals surface area (Å²) in [5.74, 6) is -0.549. The Hall–Kier alpha value is -1.80. The molecule has 21 heavy (non-hydrogen) atoms. The van der Waals surface area contributed by atoms with Crippen LogP contribution in [0, 0.1) is 5.82 Å². The third-order valence-electron chi connectivity index (χ3n) is 3.62. The van der Waals surface area contributed by atoms with E-state index in [0.717, 1.165) is 6.07 Å². The first kappa shape index (κ1) is 14.2. The number of nitrogens with zero attached hydrogens (tertiary/aromatic N) is 4. The summed E-state index contributed by atoms with van der Waals surface area (Å²) in [6, 6.07) is 5.21. The second-order valence-corrected chi connectivity index (χ2v) is 6.88. The van der Waals surface area contributed by atoms with Crippen LogP contribution in [0.1, 0.15) is 18.9 Å². The van der Waals surface area contributed by atoms with Crippen LogP contribution in [0.4, 0.5) is 4.39 Å². The summed E-state index contributed by atoms with van der Waals surface area (Å²) in [4.78, 5) is 1.62. The molecule has 2 aromatic rings. The molecule has 1 saturated heterocycles. The molecule has 3 rings (SSSR count). The number of hydrogen-bond acceptors (Lipinski definition) is 4. The Labute approximate surface area is 122 Å². The summed E-state index contributed by atoms with van der Waals surface area (Å²) in [5, 5.41) is 8.17. The van der Waals surface area contributed by atoms with E-state index in [1.54, 1.807) is 17.2 Å². The average molecular weight is 310 g/mol. The minimum atomic E-state index is -3.63. The van der Waals surface area contributed by atoms with Crippen molar-refractivity contribution in [1.29, 1.82) is 0 Å². The lowest BCUT2D eigenvalue weighted by molar-refractivity contribution is 0.245. The number of rotatable bonds is 3. The lowest BCUT2D eigenvalue weighted by Gasteiger charge is -2.30. The van der Waals surface area contributed by atoms with Gasteiger partial charge in [0.15, 0.2) is 0 Å². The van der Waals surface area contributed by atoms with E-state index in [1.807, 2.05) is 0 Å². The lowest BCUT2D eigenvalue weighted by Crippen LogP contribution is -2.39. The zero-order chi connectivity index (χ0) is 14.9. The molecule has 0 saturated carbocycles. The maximum absolute atomic E-state index is 13.2. The molecule has 0 aliphatic carbocycles. The molecule has 0 radical (unpaired) electrons. The van der Waals surface area contributed by atoms with Crippen LogP contribution >= 0.6 is 0 Å². The van der Waals surface area contributed by atoms with Gasteiger partial charge in [0.05, 0.1) is 23.3 Å². The standard InChI is InChI=1S/C13H15FN4O2S/c14-11-2-1-3-13(10-11)21(19,20)17-8-4-12(5-9-17)18-15-6-7-16-18/h1-3,6-7,10,12H,4-5,8-9H2. The predicted molar refractivity (Wildman–Crippen MR) is 73.5 cm³/mol. The quantitative estimate of drug-likeness (QED) is 0.860. The van der Waals surface area contributed by atoms with Crippen molar-refractivity contribution in [2.75, 3.05) is 13.1 Å². The fourth-order valence-corrected chi connectivity index (χ4v) is 4.01. The molecule has 0 bridgehead atoms. The van der Waals surface area contributed by atoms with Crippen molar-refractivity contribution in [3.63, 3.8) is 0 Å². The van der Waals surface area contributed by atoms with Gasteiger partial charge in [0, 0.05) is 13.1 Å². The molecule has 112 valence electrons.